The molecule has 0 bridgehead atoms. The van der Waals surface area contributed by atoms with Crippen molar-refractivity contribution in [1.82, 2.24) is 4.98 Å². The van der Waals surface area contributed by atoms with Gasteiger partial charge in [0, 0.05) is 21.6 Å². The van der Waals surface area contributed by atoms with Crippen molar-refractivity contribution in [3.8, 4) is 11.3 Å². The fourth-order valence-electron chi connectivity index (χ4n) is 1.52. The Morgan fingerprint density at radius 3 is 2.76 bits per heavy atom. The maximum Gasteiger partial charge on any atom is 0.0888 e. The van der Waals surface area contributed by atoms with Crippen LogP contribution in [0.15, 0.2) is 34.9 Å². The lowest BCUT2D eigenvalue weighted by Gasteiger charge is -2.06. The van der Waals surface area contributed by atoms with Gasteiger partial charge in [-0.1, -0.05) is 43.5 Å². The molecule has 4 heteroatoms. The predicted molar refractivity (Wildman–Crippen MR) is 78.7 cm³/mol. The molecular formula is C13H9Br2ClN. The van der Waals surface area contributed by atoms with Crippen molar-refractivity contribution in [3.63, 3.8) is 0 Å². The van der Waals surface area contributed by atoms with Gasteiger partial charge < -0.3 is 0 Å². The maximum atomic E-state index is 6.24. The number of hydrogen-bond acceptors (Lipinski definition) is 1. The van der Waals surface area contributed by atoms with Crippen molar-refractivity contribution in [2.45, 2.75) is 6.42 Å². The van der Waals surface area contributed by atoms with Crippen LogP contribution in [0, 0.1) is 6.07 Å². The van der Waals surface area contributed by atoms with E-state index in [1.807, 2.05) is 30.5 Å². The fraction of sp³-hybridized carbons (Fsp3) is 0.154. The van der Waals surface area contributed by atoms with Crippen molar-refractivity contribution in [3.05, 3.63) is 51.6 Å². The summed E-state index contributed by atoms with van der Waals surface area (Å²) in [5.41, 5.74) is 2.90. The van der Waals surface area contributed by atoms with Gasteiger partial charge in [0.2, 0.25) is 0 Å². The Morgan fingerprint density at radius 2 is 2.12 bits per heavy atom. The largest absolute Gasteiger partial charge is 0.254 e. The number of aryl methyl sites for hydroxylation is 1. The Balaban J connectivity index is 2.39. The van der Waals surface area contributed by atoms with Crippen LogP contribution in [0.1, 0.15) is 5.56 Å². The minimum Gasteiger partial charge on any atom is -0.254 e. The van der Waals surface area contributed by atoms with Crippen LogP contribution in [0.3, 0.4) is 0 Å². The van der Waals surface area contributed by atoms with E-state index in [0.29, 0.717) is 5.02 Å². The Hall–Kier alpha value is -0.380. The van der Waals surface area contributed by atoms with Gasteiger partial charge in [-0.15, -0.1) is 0 Å². The molecular weight excluding hydrogens is 365 g/mol. The molecule has 0 aliphatic heterocycles. The molecule has 0 fully saturated rings. The van der Waals surface area contributed by atoms with Gasteiger partial charge in [-0.2, -0.15) is 0 Å². The topological polar surface area (TPSA) is 12.9 Å². The molecule has 87 valence electrons. The fourth-order valence-corrected chi connectivity index (χ4v) is 2.65. The molecule has 2 rings (SSSR count). The highest BCUT2D eigenvalue weighted by atomic mass is 79.9. The molecule has 0 saturated carbocycles. The highest BCUT2D eigenvalue weighted by Gasteiger charge is 2.06. The summed E-state index contributed by atoms with van der Waals surface area (Å²) in [6, 6.07) is 10.7. The van der Waals surface area contributed by atoms with Crippen LogP contribution in [-0.4, -0.2) is 10.3 Å². The van der Waals surface area contributed by atoms with Crippen molar-refractivity contribution in [1.29, 1.82) is 0 Å². The van der Waals surface area contributed by atoms with Crippen molar-refractivity contribution < 1.29 is 0 Å². The molecule has 17 heavy (non-hydrogen) atoms. The molecule has 1 aromatic heterocycles. The molecule has 0 amide bonds. The van der Waals surface area contributed by atoms with E-state index in [4.69, 9.17) is 11.6 Å². The second-order valence-electron chi connectivity index (χ2n) is 3.55. The van der Waals surface area contributed by atoms with Crippen LogP contribution in [0.5, 0.6) is 0 Å². The first-order valence-electron chi connectivity index (χ1n) is 5.08. The highest BCUT2D eigenvalue weighted by Crippen LogP contribution is 2.28. The SMILES string of the molecule is Clc1cc(CCBr)cnc1-c1c[c]cc(Br)c1. The van der Waals surface area contributed by atoms with Gasteiger partial charge in [-0.25, -0.2) is 0 Å². The Bertz CT molecular complexity index is 529. The van der Waals surface area contributed by atoms with Crippen molar-refractivity contribution in [2.24, 2.45) is 0 Å². The summed E-state index contributed by atoms with van der Waals surface area (Å²) in [7, 11) is 0. The van der Waals surface area contributed by atoms with Gasteiger partial charge in [0.1, 0.15) is 0 Å². The van der Waals surface area contributed by atoms with Crippen LogP contribution >= 0.6 is 43.5 Å². The monoisotopic (exact) mass is 372 g/mol. The zero-order valence-electron chi connectivity index (χ0n) is 8.88. The van der Waals surface area contributed by atoms with Crippen LogP contribution in [0.25, 0.3) is 11.3 Å². The van der Waals surface area contributed by atoms with E-state index in [2.05, 4.69) is 42.9 Å². The van der Waals surface area contributed by atoms with E-state index in [1.165, 1.54) is 0 Å². The average Bonchev–Trinajstić information content (AvgIpc) is 2.29. The second-order valence-corrected chi connectivity index (χ2v) is 5.67. The molecule has 0 aliphatic carbocycles. The van der Waals surface area contributed by atoms with E-state index in [9.17, 15) is 0 Å². The first kappa shape index (κ1) is 13.1. The van der Waals surface area contributed by atoms with Crippen LogP contribution in [-0.2, 0) is 6.42 Å². The average molecular weight is 374 g/mol. The van der Waals surface area contributed by atoms with E-state index >= 15 is 0 Å². The van der Waals surface area contributed by atoms with Gasteiger partial charge in [0.15, 0.2) is 0 Å². The summed E-state index contributed by atoms with van der Waals surface area (Å²) in [5.74, 6) is 0. The van der Waals surface area contributed by atoms with Gasteiger partial charge in [0.25, 0.3) is 0 Å². The van der Waals surface area contributed by atoms with Crippen LogP contribution in [0.4, 0.5) is 0 Å². The number of rotatable bonds is 3. The molecule has 0 aliphatic rings. The molecule has 1 nitrogen and oxygen atoms in total. The van der Waals surface area contributed by atoms with Gasteiger partial charge in [-0.05, 0) is 42.3 Å². The highest BCUT2D eigenvalue weighted by molar-refractivity contribution is 9.10. The van der Waals surface area contributed by atoms with Gasteiger partial charge in [0.05, 0.1) is 10.7 Å². The first-order chi connectivity index (χ1) is 8.20. The number of halogens is 3. The lowest BCUT2D eigenvalue weighted by atomic mass is 10.1. The standard InChI is InChI=1S/C13H9Br2ClN/c14-5-4-9-6-12(16)13(17-8-9)10-2-1-3-11(15)7-10/h2-3,6-8H,4-5H2. The third kappa shape index (κ3) is 3.30. The summed E-state index contributed by atoms with van der Waals surface area (Å²) in [6.45, 7) is 0. The smallest absolute Gasteiger partial charge is 0.0888 e. The summed E-state index contributed by atoms with van der Waals surface area (Å²) in [6.07, 6.45) is 2.79. The van der Waals surface area contributed by atoms with Crippen LogP contribution in [0.2, 0.25) is 5.02 Å². The maximum absolute atomic E-state index is 6.24. The summed E-state index contributed by atoms with van der Waals surface area (Å²) in [5, 5.41) is 1.59. The van der Waals surface area contributed by atoms with E-state index in [0.717, 1.165) is 33.0 Å². The van der Waals surface area contributed by atoms with Crippen LogP contribution < -0.4 is 0 Å². The Kier molecular flexibility index (Phi) is 4.60. The van der Waals surface area contributed by atoms with E-state index < -0.39 is 0 Å². The molecule has 0 saturated heterocycles. The quantitative estimate of drug-likeness (QED) is 0.696. The number of hydrogen-bond donors (Lipinski definition) is 0. The first-order valence-corrected chi connectivity index (χ1v) is 7.37. The summed E-state index contributed by atoms with van der Waals surface area (Å²) < 4.78 is 0.970. The molecule has 0 N–H and O–H groups in total. The lowest BCUT2D eigenvalue weighted by Crippen LogP contribution is -1.91. The zero-order chi connectivity index (χ0) is 12.3. The number of nitrogens with zero attached hydrogens (tertiary/aromatic N) is 1. The van der Waals surface area contributed by atoms with E-state index in [-0.39, 0.29) is 0 Å². The molecule has 0 spiro atoms. The molecule has 0 atom stereocenters. The Labute approximate surface area is 122 Å². The lowest BCUT2D eigenvalue weighted by molar-refractivity contribution is 1.13. The molecule has 1 aromatic carbocycles. The van der Waals surface area contributed by atoms with Crippen molar-refractivity contribution >= 4 is 43.5 Å². The molecule has 2 aromatic rings. The predicted octanol–water partition coefficient (Wildman–Crippen LogP) is 4.90. The molecule has 0 unspecified atom stereocenters. The third-order valence-electron chi connectivity index (χ3n) is 2.31. The van der Waals surface area contributed by atoms with Gasteiger partial charge in [-0.3, -0.25) is 4.98 Å². The third-order valence-corrected chi connectivity index (χ3v) is 3.45. The Morgan fingerprint density at radius 1 is 1.29 bits per heavy atom. The zero-order valence-corrected chi connectivity index (χ0v) is 12.8. The van der Waals surface area contributed by atoms with Crippen molar-refractivity contribution in [2.75, 3.05) is 5.33 Å². The minimum absolute atomic E-state index is 0.676. The summed E-state index contributed by atoms with van der Waals surface area (Å²) >= 11 is 13.1. The second kappa shape index (κ2) is 5.98. The van der Waals surface area contributed by atoms with E-state index in [1.54, 1.807) is 0 Å². The van der Waals surface area contributed by atoms with Gasteiger partial charge >= 0.3 is 0 Å². The number of pyridine rings is 1. The number of alkyl halides is 1. The number of benzene rings is 1. The summed E-state index contributed by atoms with van der Waals surface area (Å²) in [4.78, 5) is 4.41. The normalized spacial score (nSPS) is 10.5. The number of aromatic nitrogens is 1. The molecule has 1 heterocycles. The minimum atomic E-state index is 0.676. The molecule has 1 radical (unpaired) electrons.